The number of aryl methyl sites for hydroxylation is 1. The van der Waals surface area contributed by atoms with Crippen molar-refractivity contribution >= 4 is 11.9 Å². The van der Waals surface area contributed by atoms with E-state index in [0.717, 1.165) is 27.8 Å². The maximum absolute atomic E-state index is 12.7. The first-order valence-corrected chi connectivity index (χ1v) is 10.2. The summed E-state index contributed by atoms with van der Waals surface area (Å²) in [4.78, 5) is 24.1. The van der Waals surface area contributed by atoms with Gasteiger partial charge in [0.05, 0.1) is 5.92 Å². The van der Waals surface area contributed by atoms with Crippen LogP contribution >= 0.6 is 0 Å². The fraction of sp³-hybridized carbons (Fsp3) is 0.231. The molecule has 3 aromatic carbocycles. The minimum atomic E-state index is -0.772. The highest BCUT2D eigenvalue weighted by Gasteiger charge is 2.16. The van der Waals surface area contributed by atoms with E-state index in [4.69, 9.17) is 0 Å². The van der Waals surface area contributed by atoms with Crippen LogP contribution in [0.3, 0.4) is 0 Å². The van der Waals surface area contributed by atoms with Crippen LogP contribution in [-0.2, 0) is 17.8 Å². The van der Waals surface area contributed by atoms with Gasteiger partial charge in [-0.05, 0) is 59.7 Å². The van der Waals surface area contributed by atoms with Crippen molar-refractivity contribution in [2.24, 2.45) is 5.92 Å². The molecule has 0 spiro atoms. The summed E-state index contributed by atoms with van der Waals surface area (Å²) in [6.45, 7) is 4.28. The maximum Gasteiger partial charge on any atom is 0.306 e. The van der Waals surface area contributed by atoms with E-state index in [1.54, 1.807) is 0 Å². The second-order valence-corrected chi connectivity index (χ2v) is 7.54. The molecule has 0 aliphatic carbocycles. The highest BCUT2D eigenvalue weighted by Crippen LogP contribution is 2.20. The van der Waals surface area contributed by atoms with Crippen molar-refractivity contribution in [1.29, 1.82) is 0 Å². The Morgan fingerprint density at radius 2 is 1.67 bits per heavy atom. The van der Waals surface area contributed by atoms with Gasteiger partial charge in [-0.25, -0.2) is 0 Å². The molecule has 3 aromatic rings. The van der Waals surface area contributed by atoms with E-state index < -0.39 is 11.9 Å². The maximum atomic E-state index is 12.7. The zero-order valence-corrected chi connectivity index (χ0v) is 17.4. The lowest BCUT2D eigenvalue weighted by Crippen LogP contribution is -2.23. The highest BCUT2D eigenvalue weighted by molar-refractivity contribution is 5.95. The first kappa shape index (κ1) is 21.3. The first-order valence-electron chi connectivity index (χ1n) is 10.2. The van der Waals surface area contributed by atoms with Crippen LogP contribution in [0.15, 0.2) is 72.8 Å². The van der Waals surface area contributed by atoms with Crippen molar-refractivity contribution in [3.8, 4) is 11.1 Å². The molecule has 0 bridgehead atoms. The number of carboxylic acid groups (broad SMARTS) is 1. The number of hydrogen-bond acceptors (Lipinski definition) is 2. The van der Waals surface area contributed by atoms with Crippen molar-refractivity contribution in [3.05, 3.63) is 95.1 Å². The Morgan fingerprint density at radius 3 is 2.37 bits per heavy atom. The van der Waals surface area contributed by atoms with E-state index in [2.05, 4.69) is 5.32 Å². The molecule has 1 amide bonds. The molecule has 4 nitrogen and oxygen atoms in total. The van der Waals surface area contributed by atoms with Crippen LogP contribution in [0, 0.1) is 12.8 Å². The summed E-state index contributed by atoms with van der Waals surface area (Å²) in [6, 6.07) is 23.5. The van der Waals surface area contributed by atoms with Gasteiger partial charge in [0.25, 0.3) is 5.91 Å². The largest absolute Gasteiger partial charge is 0.481 e. The van der Waals surface area contributed by atoms with E-state index in [0.29, 0.717) is 24.9 Å². The molecular formula is C26H27NO3. The van der Waals surface area contributed by atoms with E-state index in [1.165, 1.54) is 0 Å². The molecular weight excluding hydrogens is 374 g/mol. The Bertz CT molecular complexity index is 1030. The number of benzene rings is 3. The smallest absolute Gasteiger partial charge is 0.306 e. The summed E-state index contributed by atoms with van der Waals surface area (Å²) in [5, 5.41) is 12.3. The third kappa shape index (κ3) is 5.35. The molecule has 30 heavy (non-hydrogen) atoms. The predicted molar refractivity (Wildman–Crippen MR) is 119 cm³/mol. The Morgan fingerprint density at radius 1 is 0.933 bits per heavy atom. The summed E-state index contributed by atoms with van der Waals surface area (Å²) in [5.41, 5.74) is 5.73. The van der Waals surface area contributed by atoms with Crippen molar-refractivity contribution in [2.45, 2.75) is 33.2 Å². The number of carbonyl (C=O) groups excluding carboxylic acids is 1. The van der Waals surface area contributed by atoms with E-state index in [1.807, 2.05) is 86.6 Å². The fourth-order valence-electron chi connectivity index (χ4n) is 3.48. The van der Waals surface area contributed by atoms with Crippen molar-refractivity contribution in [2.75, 3.05) is 0 Å². The van der Waals surface area contributed by atoms with Crippen LogP contribution in [0.5, 0.6) is 0 Å². The van der Waals surface area contributed by atoms with Gasteiger partial charge in [-0.2, -0.15) is 0 Å². The zero-order chi connectivity index (χ0) is 21.5. The Kier molecular flexibility index (Phi) is 7.02. The monoisotopic (exact) mass is 401 g/mol. The van der Waals surface area contributed by atoms with Gasteiger partial charge in [0.15, 0.2) is 0 Å². The number of carbonyl (C=O) groups is 2. The molecule has 0 fully saturated rings. The SMILES string of the molecule is CCC(Cc1ccc(C)c(CNC(=O)c2cccc(-c3ccccc3)c2)c1)C(=O)O. The summed E-state index contributed by atoms with van der Waals surface area (Å²) >= 11 is 0. The van der Waals surface area contributed by atoms with Crippen molar-refractivity contribution < 1.29 is 14.7 Å². The Balaban J connectivity index is 1.70. The summed E-state index contributed by atoms with van der Waals surface area (Å²) in [7, 11) is 0. The number of aliphatic carboxylic acids is 1. The lowest BCUT2D eigenvalue weighted by atomic mass is 9.94. The molecule has 3 rings (SSSR count). The van der Waals surface area contributed by atoms with Gasteiger partial charge in [0.1, 0.15) is 0 Å². The van der Waals surface area contributed by atoms with Crippen LogP contribution in [0.25, 0.3) is 11.1 Å². The third-order valence-electron chi connectivity index (χ3n) is 5.41. The molecule has 0 aliphatic rings. The summed E-state index contributed by atoms with van der Waals surface area (Å²) in [5.74, 6) is -1.29. The highest BCUT2D eigenvalue weighted by atomic mass is 16.4. The lowest BCUT2D eigenvalue weighted by molar-refractivity contribution is -0.141. The van der Waals surface area contributed by atoms with Gasteiger partial charge in [0, 0.05) is 12.1 Å². The lowest BCUT2D eigenvalue weighted by Gasteiger charge is -2.13. The summed E-state index contributed by atoms with van der Waals surface area (Å²) in [6.07, 6.45) is 1.08. The van der Waals surface area contributed by atoms with Crippen LogP contribution in [0.4, 0.5) is 0 Å². The Labute approximate surface area is 177 Å². The van der Waals surface area contributed by atoms with Gasteiger partial charge < -0.3 is 10.4 Å². The molecule has 1 atom stereocenters. The molecule has 0 radical (unpaired) electrons. The second-order valence-electron chi connectivity index (χ2n) is 7.54. The van der Waals surface area contributed by atoms with E-state index >= 15 is 0 Å². The minimum Gasteiger partial charge on any atom is -0.481 e. The fourth-order valence-corrected chi connectivity index (χ4v) is 3.48. The van der Waals surface area contributed by atoms with E-state index in [-0.39, 0.29) is 5.91 Å². The van der Waals surface area contributed by atoms with Crippen LogP contribution in [-0.4, -0.2) is 17.0 Å². The topological polar surface area (TPSA) is 66.4 Å². The molecule has 1 unspecified atom stereocenters. The average Bonchev–Trinajstić information content (AvgIpc) is 2.77. The predicted octanol–water partition coefficient (Wildman–Crippen LogP) is 5.25. The summed E-state index contributed by atoms with van der Waals surface area (Å²) < 4.78 is 0. The first-order chi connectivity index (χ1) is 14.5. The molecule has 2 N–H and O–H groups in total. The van der Waals surface area contributed by atoms with Gasteiger partial charge in [0.2, 0.25) is 0 Å². The van der Waals surface area contributed by atoms with Gasteiger partial charge >= 0.3 is 5.97 Å². The van der Waals surface area contributed by atoms with Crippen molar-refractivity contribution in [3.63, 3.8) is 0 Å². The molecule has 0 saturated heterocycles. The van der Waals surface area contributed by atoms with Crippen LogP contribution in [0.2, 0.25) is 0 Å². The Hall–Kier alpha value is -3.40. The van der Waals surface area contributed by atoms with E-state index in [9.17, 15) is 14.7 Å². The van der Waals surface area contributed by atoms with Crippen molar-refractivity contribution in [1.82, 2.24) is 5.32 Å². The standard InChI is InChI=1S/C26H27NO3/c1-3-20(26(29)30)14-19-13-12-18(2)24(15-19)17-27-25(28)23-11-7-10-22(16-23)21-8-5-4-6-9-21/h4-13,15-16,20H,3,14,17H2,1-2H3,(H,27,28)(H,29,30). The van der Waals surface area contributed by atoms with Gasteiger partial charge in [-0.3, -0.25) is 9.59 Å². The van der Waals surface area contributed by atoms with Gasteiger partial charge in [-0.1, -0.05) is 67.6 Å². The van der Waals surface area contributed by atoms with Crippen LogP contribution in [0.1, 0.15) is 40.4 Å². The zero-order valence-electron chi connectivity index (χ0n) is 17.4. The third-order valence-corrected chi connectivity index (χ3v) is 5.41. The number of rotatable bonds is 8. The quantitative estimate of drug-likeness (QED) is 0.542. The van der Waals surface area contributed by atoms with Gasteiger partial charge in [-0.15, -0.1) is 0 Å². The number of nitrogens with one attached hydrogen (secondary N) is 1. The molecule has 0 heterocycles. The minimum absolute atomic E-state index is 0.130. The number of hydrogen-bond donors (Lipinski definition) is 2. The number of amides is 1. The average molecular weight is 402 g/mol. The molecule has 0 aliphatic heterocycles. The normalized spacial score (nSPS) is 11.7. The number of carboxylic acids is 1. The van der Waals surface area contributed by atoms with Crippen LogP contribution < -0.4 is 5.32 Å². The molecule has 4 heteroatoms. The molecule has 0 aromatic heterocycles. The second kappa shape index (κ2) is 9.88. The molecule has 154 valence electrons. The molecule has 0 saturated carbocycles.